The summed E-state index contributed by atoms with van der Waals surface area (Å²) in [5.74, 6) is -1.05. The van der Waals surface area contributed by atoms with Gasteiger partial charge in [0.1, 0.15) is 5.69 Å². The van der Waals surface area contributed by atoms with Gasteiger partial charge in [-0.05, 0) is 42.5 Å². The Morgan fingerprint density at radius 3 is 2.83 bits per heavy atom. The first kappa shape index (κ1) is 15.3. The molecule has 0 spiro atoms. The molecule has 6 nitrogen and oxygen atoms in total. The number of carbonyl (C=O) groups excluding carboxylic acids is 1. The van der Waals surface area contributed by atoms with Gasteiger partial charge in [0, 0.05) is 19.7 Å². The molecule has 6 heteroatoms. The zero-order chi connectivity index (χ0) is 16.6. The molecule has 1 aromatic heterocycles. The van der Waals surface area contributed by atoms with Crippen LogP contribution in [-0.2, 0) is 6.42 Å². The summed E-state index contributed by atoms with van der Waals surface area (Å²) in [7, 11) is 3.44. The van der Waals surface area contributed by atoms with Crippen molar-refractivity contribution in [1.29, 1.82) is 0 Å². The van der Waals surface area contributed by atoms with Crippen molar-refractivity contribution in [2.45, 2.75) is 25.3 Å². The van der Waals surface area contributed by atoms with Gasteiger partial charge in [0.15, 0.2) is 0 Å². The highest BCUT2D eigenvalue weighted by Crippen LogP contribution is 2.34. The van der Waals surface area contributed by atoms with Gasteiger partial charge >= 0.3 is 5.97 Å². The van der Waals surface area contributed by atoms with Gasteiger partial charge in [0.2, 0.25) is 0 Å². The molecule has 1 amide bonds. The number of aryl methyl sites for hydroxylation is 1. The lowest BCUT2D eigenvalue weighted by Crippen LogP contribution is -2.24. The van der Waals surface area contributed by atoms with Gasteiger partial charge in [0.05, 0.1) is 18.6 Å². The Bertz CT molecular complexity index is 764. The Labute approximate surface area is 134 Å². The number of benzene rings is 1. The smallest absolute Gasteiger partial charge is 0.354 e. The summed E-state index contributed by atoms with van der Waals surface area (Å²) < 4.78 is 1.70. The largest absolute Gasteiger partial charge is 0.477 e. The van der Waals surface area contributed by atoms with Crippen LogP contribution in [0.25, 0.3) is 0 Å². The highest BCUT2D eigenvalue weighted by molar-refractivity contribution is 5.94. The molecule has 23 heavy (non-hydrogen) atoms. The molecule has 1 aromatic carbocycles. The topological polar surface area (TPSA) is 75.4 Å². The zero-order valence-corrected chi connectivity index (χ0v) is 13.2. The van der Waals surface area contributed by atoms with Gasteiger partial charge < -0.3 is 14.6 Å². The number of rotatable bonds is 3. The molecule has 0 fully saturated rings. The fraction of sp³-hybridized carbons (Fsp3) is 0.353. The van der Waals surface area contributed by atoms with E-state index in [2.05, 4.69) is 4.98 Å². The average molecular weight is 313 g/mol. The molecule has 0 saturated carbocycles. The fourth-order valence-corrected chi connectivity index (χ4v) is 3.17. The Morgan fingerprint density at radius 1 is 1.35 bits per heavy atom. The average Bonchev–Trinajstić information content (AvgIpc) is 3.02. The van der Waals surface area contributed by atoms with Crippen LogP contribution >= 0.6 is 0 Å². The number of hydrogen-bond acceptors (Lipinski definition) is 3. The van der Waals surface area contributed by atoms with E-state index in [1.165, 1.54) is 11.8 Å². The van der Waals surface area contributed by atoms with Gasteiger partial charge in [-0.3, -0.25) is 4.79 Å². The summed E-state index contributed by atoms with van der Waals surface area (Å²) in [5, 5.41) is 9.33. The van der Waals surface area contributed by atoms with Gasteiger partial charge in [-0.1, -0.05) is 6.07 Å². The third-order valence-corrected chi connectivity index (χ3v) is 4.30. The normalized spacial score (nSPS) is 16.7. The Hall–Kier alpha value is -2.63. The summed E-state index contributed by atoms with van der Waals surface area (Å²) in [6.45, 7) is 0. The van der Waals surface area contributed by atoms with Gasteiger partial charge in [-0.15, -0.1) is 0 Å². The summed E-state index contributed by atoms with van der Waals surface area (Å²) in [6.07, 6.45) is 5.69. The van der Waals surface area contributed by atoms with Crippen LogP contribution in [0.15, 0.2) is 30.7 Å². The van der Waals surface area contributed by atoms with Crippen LogP contribution in [0.5, 0.6) is 0 Å². The SMILES string of the molecule is CN(C)C(=O)c1ccc2c(c1)C(n1cncc1C(=O)O)CCC2. The molecule has 1 aliphatic rings. The minimum Gasteiger partial charge on any atom is -0.477 e. The molecule has 1 unspecified atom stereocenters. The zero-order valence-electron chi connectivity index (χ0n) is 13.2. The number of aromatic nitrogens is 2. The predicted octanol–water partition coefficient (Wildman–Crippen LogP) is 2.21. The summed E-state index contributed by atoms with van der Waals surface area (Å²) in [5.41, 5.74) is 2.98. The lowest BCUT2D eigenvalue weighted by Gasteiger charge is -2.28. The third-order valence-electron chi connectivity index (χ3n) is 4.30. The highest BCUT2D eigenvalue weighted by Gasteiger charge is 2.26. The minimum atomic E-state index is -0.991. The van der Waals surface area contributed by atoms with E-state index in [0.717, 1.165) is 24.8 Å². The molecular formula is C17H19N3O3. The second-order valence-electron chi connectivity index (χ2n) is 6.01. The summed E-state index contributed by atoms with van der Waals surface area (Å²) in [6, 6.07) is 5.63. The number of aromatic carboxylic acids is 1. The molecule has 0 saturated heterocycles. The number of nitrogens with zero attached hydrogens (tertiary/aromatic N) is 3. The van der Waals surface area contributed by atoms with Crippen molar-refractivity contribution < 1.29 is 14.7 Å². The number of carboxylic acids is 1. The van der Waals surface area contributed by atoms with Crippen molar-refractivity contribution in [1.82, 2.24) is 14.5 Å². The molecule has 1 aliphatic carbocycles. The molecule has 0 aliphatic heterocycles. The number of carboxylic acid groups (broad SMARTS) is 1. The molecule has 1 N–H and O–H groups in total. The molecule has 1 atom stereocenters. The lowest BCUT2D eigenvalue weighted by atomic mass is 9.86. The van der Waals surface area contributed by atoms with Crippen LogP contribution in [0.3, 0.4) is 0 Å². The van der Waals surface area contributed by atoms with E-state index in [-0.39, 0.29) is 17.6 Å². The van der Waals surface area contributed by atoms with Crippen molar-refractivity contribution in [3.63, 3.8) is 0 Å². The third kappa shape index (κ3) is 2.72. The summed E-state index contributed by atoms with van der Waals surface area (Å²) in [4.78, 5) is 29.1. The molecule has 0 bridgehead atoms. The second kappa shape index (κ2) is 5.87. The number of amides is 1. The monoisotopic (exact) mass is 313 g/mol. The fourth-order valence-electron chi connectivity index (χ4n) is 3.17. The van der Waals surface area contributed by atoms with E-state index < -0.39 is 5.97 Å². The van der Waals surface area contributed by atoms with E-state index in [1.807, 2.05) is 18.2 Å². The maximum atomic E-state index is 12.2. The van der Waals surface area contributed by atoms with Crippen LogP contribution in [0.4, 0.5) is 0 Å². The van der Waals surface area contributed by atoms with Crippen LogP contribution in [0.1, 0.15) is 50.9 Å². The van der Waals surface area contributed by atoms with E-state index in [1.54, 1.807) is 29.9 Å². The van der Waals surface area contributed by atoms with E-state index in [0.29, 0.717) is 5.56 Å². The van der Waals surface area contributed by atoms with Gasteiger partial charge in [-0.2, -0.15) is 0 Å². The number of imidazole rings is 1. The predicted molar refractivity (Wildman–Crippen MR) is 84.7 cm³/mol. The quantitative estimate of drug-likeness (QED) is 0.942. The first-order chi connectivity index (χ1) is 11.0. The first-order valence-corrected chi connectivity index (χ1v) is 7.58. The number of fused-ring (bicyclic) bond motifs is 1. The number of carbonyl (C=O) groups is 2. The summed E-state index contributed by atoms with van der Waals surface area (Å²) >= 11 is 0. The maximum Gasteiger partial charge on any atom is 0.354 e. The Kier molecular flexibility index (Phi) is 3.90. The van der Waals surface area contributed by atoms with Crippen molar-refractivity contribution in [2.75, 3.05) is 14.1 Å². The Balaban J connectivity index is 2.07. The van der Waals surface area contributed by atoms with Gasteiger partial charge in [0.25, 0.3) is 5.91 Å². The number of hydrogen-bond donors (Lipinski definition) is 1. The van der Waals surface area contributed by atoms with Crippen LogP contribution in [-0.4, -0.2) is 45.5 Å². The van der Waals surface area contributed by atoms with Crippen molar-refractivity contribution in [3.8, 4) is 0 Å². The van der Waals surface area contributed by atoms with Crippen molar-refractivity contribution in [2.24, 2.45) is 0 Å². The standard InChI is InChI=1S/C17H19N3O3/c1-19(2)16(21)12-7-6-11-4-3-5-14(13(11)8-12)20-10-18-9-15(20)17(22)23/h6-10,14H,3-5H2,1-2H3,(H,22,23). The second-order valence-corrected chi connectivity index (χ2v) is 6.01. The molecule has 2 aromatic rings. The van der Waals surface area contributed by atoms with Gasteiger partial charge in [-0.25, -0.2) is 9.78 Å². The molecule has 1 heterocycles. The first-order valence-electron chi connectivity index (χ1n) is 7.58. The highest BCUT2D eigenvalue weighted by atomic mass is 16.4. The van der Waals surface area contributed by atoms with Crippen LogP contribution in [0.2, 0.25) is 0 Å². The van der Waals surface area contributed by atoms with E-state index in [4.69, 9.17) is 0 Å². The van der Waals surface area contributed by atoms with Crippen molar-refractivity contribution in [3.05, 3.63) is 53.1 Å². The Morgan fingerprint density at radius 2 is 2.13 bits per heavy atom. The maximum absolute atomic E-state index is 12.2. The van der Waals surface area contributed by atoms with E-state index >= 15 is 0 Å². The van der Waals surface area contributed by atoms with E-state index in [9.17, 15) is 14.7 Å². The molecule has 3 rings (SSSR count). The molecule has 0 radical (unpaired) electrons. The molecule has 120 valence electrons. The minimum absolute atomic E-state index is 0.0544. The van der Waals surface area contributed by atoms with Crippen LogP contribution < -0.4 is 0 Å². The van der Waals surface area contributed by atoms with Crippen LogP contribution in [0, 0.1) is 0 Å². The molecular weight excluding hydrogens is 294 g/mol. The van der Waals surface area contributed by atoms with Crippen molar-refractivity contribution >= 4 is 11.9 Å². The lowest BCUT2D eigenvalue weighted by molar-refractivity contribution is 0.0682.